The Morgan fingerprint density at radius 2 is 1.86 bits per heavy atom. The van der Waals surface area contributed by atoms with Crippen molar-refractivity contribution in [2.24, 2.45) is 5.73 Å². The molecule has 0 bridgehead atoms. The van der Waals surface area contributed by atoms with E-state index in [1.54, 1.807) is 0 Å². The van der Waals surface area contributed by atoms with Crippen LogP contribution in [-0.2, 0) is 11.0 Å². The summed E-state index contributed by atoms with van der Waals surface area (Å²) < 4.78 is 37.7. The fraction of sp³-hybridized carbons (Fsp3) is 0.500. The Morgan fingerprint density at radius 3 is 2.48 bits per heavy atom. The molecule has 0 saturated heterocycles. The van der Waals surface area contributed by atoms with Crippen LogP contribution in [0.15, 0.2) is 18.2 Å². The highest BCUT2D eigenvalue weighted by Gasteiger charge is 2.31. The van der Waals surface area contributed by atoms with Crippen LogP contribution in [0, 0.1) is 0 Å². The number of unbranched alkanes of at least 4 members (excludes halogenated alkanes) is 3. The quantitative estimate of drug-likeness (QED) is 0.534. The van der Waals surface area contributed by atoms with Gasteiger partial charge in [-0.15, -0.1) is 0 Å². The number of rotatable bonds is 7. The first-order valence-corrected chi connectivity index (χ1v) is 6.74. The summed E-state index contributed by atoms with van der Waals surface area (Å²) >= 11 is 0. The minimum atomic E-state index is -4.52. The Morgan fingerprint density at radius 1 is 1.19 bits per heavy atom. The van der Waals surface area contributed by atoms with E-state index in [0.29, 0.717) is 13.0 Å². The molecule has 0 aromatic heterocycles. The van der Waals surface area contributed by atoms with Crippen LogP contribution in [0.3, 0.4) is 0 Å². The second-order valence-corrected chi connectivity index (χ2v) is 4.73. The summed E-state index contributed by atoms with van der Waals surface area (Å²) in [6.45, 7) is 0.601. The molecule has 0 atom stereocenters. The first-order valence-electron chi connectivity index (χ1n) is 6.74. The molecule has 1 aromatic carbocycles. The third-order valence-electron chi connectivity index (χ3n) is 2.96. The van der Waals surface area contributed by atoms with Gasteiger partial charge in [-0.1, -0.05) is 12.8 Å². The number of anilines is 1. The predicted molar refractivity (Wildman–Crippen MR) is 73.9 cm³/mol. The summed E-state index contributed by atoms with van der Waals surface area (Å²) in [5, 5.41) is 11.8. The van der Waals surface area contributed by atoms with Gasteiger partial charge in [-0.2, -0.15) is 13.2 Å². The zero-order valence-electron chi connectivity index (χ0n) is 11.5. The molecule has 0 unspecified atom stereocenters. The van der Waals surface area contributed by atoms with Crippen LogP contribution < -0.4 is 11.1 Å². The number of benzene rings is 1. The molecule has 0 radical (unpaired) electrons. The van der Waals surface area contributed by atoms with Crippen molar-refractivity contribution < 1.29 is 23.1 Å². The third-order valence-corrected chi connectivity index (χ3v) is 2.96. The van der Waals surface area contributed by atoms with Crippen LogP contribution in [0.25, 0.3) is 0 Å². The van der Waals surface area contributed by atoms with Crippen molar-refractivity contribution in [3.8, 4) is 5.75 Å². The summed E-state index contributed by atoms with van der Waals surface area (Å²) in [4.78, 5) is 11.6. The van der Waals surface area contributed by atoms with Crippen LogP contribution in [0.1, 0.15) is 37.7 Å². The maximum Gasteiger partial charge on any atom is 0.416 e. The van der Waals surface area contributed by atoms with E-state index in [-0.39, 0.29) is 17.9 Å². The topological polar surface area (TPSA) is 75.4 Å². The van der Waals surface area contributed by atoms with Gasteiger partial charge in [-0.3, -0.25) is 4.79 Å². The number of halogens is 3. The molecular weight excluding hydrogens is 285 g/mol. The number of alkyl halides is 3. The highest BCUT2D eigenvalue weighted by molar-refractivity contribution is 5.92. The predicted octanol–water partition coefficient (Wildman–Crippen LogP) is 3.26. The lowest BCUT2D eigenvalue weighted by Crippen LogP contribution is -2.13. The first kappa shape index (κ1) is 17.3. The van der Waals surface area contributed by atoms with Gasteiger partial charge in [-0.25, -0.2) is 0 Å². The van der Waals surface area contributed by atoms with Crippen molar-refractivity contribution in [1.29, 1.82) is 0 Å². The minimum Gasteiger partial charge on any atom is -0.506 e. The van der Waals surface area contributed by atoms with Crippen molar-refractivity contribution in [2.75, 3.05) is 11.9 Å². The van der Waals surface area contributed by atoms with Crippen LogP contribution in [-0.4, -0.2) is 17.6 Å². The molecular formula is C14H19F3N2O2. The summed E-state index contributed by atoms with van der Waals surface area (Å²) in [7, 11) is 0. The number of hydrogen-bond donors (Lipinski definition) is 3. The van der Waals surface area contributed by atoms with Gasteiger partial charge in [0, 0.05) is 6.42 Å². The van der Waals surface area contributed by atoms with Crippen molar-refractivity contribution in [2.45, 2.75) is 38.3 Å². The Kier molecular flexibility index (Phi) is 6.48. The molecule has 1 aromatic rings. The zero-order valence-corrected chi connectivity index (χ0v) is 11.5. The maximum atomic E-state index is 12.6. The Bertz CT molecular complexity index is 476. The highest BCUT2D eigenvalue weighted by Crippen LogP contribution is 2.34. The monoisotopic (exact) mass is 304 g/mol. The van der Waals surface area contributed by atoms with Gasteiger partial charge in [0.25, 0.3) is 0 Å². The smallest absolute Gasteiger partial charge is 0.416 e. The molecule has 118 valence electrons. The second kappa shape index (κ2) is 7.87. The molecule has 0 aliphatic rings. The van der Waals surface area contributed by atoms with Crippen LogP contribution in [0.2, 0.25) is 0 Å². The highest BCUT2D eigenvalue weighted by atomic mass is 19.4. The number of hydrogen-bond acceptors (Lipinski definition) is 3. The molecule has 0 aliphatic carbocycles. The van der Waals surface area contributed by atoms with Crippen molar-refractivity contribution in [3.05, 3.63) is 23.8 Å². The molecule has 4 N–H and O–H groups in total. The van der Waals surface area contributed by atoms with Gasteiger partial charge < -0.3 is 16.2 Å². The Balaban J connectivity index is 2.55. The normalized spacial score (nSPS) is 11.4. The standard InChI is InChI=1S/C14H19F3N2O2/c15-14(16,17)10-6-7-12(20)11(9-10)19-13(21)5-3-1-2-4-8-18/h6-7,9,20H,1-5,8,18H2,(H,19,21). The number of aromatic hydroxyl groups is 1. The Labute approximate surface area is 121 Å². The van der Waals surface area contributed by atoms with Crippen LogP contribution >= 0.6 is 0 Å². The van der Waals surface area contributed by atoms with E-state index in [1.807, 2.05) is 0 Å². The van der Waals surface area contributed by atoms with E-state index < -0.39 is 17.6 Å². The summed E-state index contributed by atoms with van der Waals surface area (Å²) in [6, 6.07) is 2.40. The van der Waals surface area contributed by atoms with Crippen molar-refractivity contribution >= 4 is 11.6 Å². The lowest BCUT2D eigenvalue weighted by Gasteiger charge is -2.11. The minimum absolute atomic E-state index is 0.195. The molecule has 0 saturated carbocycles. The van der Waals surface area contributed by atoms with E-state index >= 15 is 0 Å². The fourth-order valence-corrected chi connectivity index (χ4v) is 1.81. The summed E-state index contributed by atoms with van der Waals surface area (Å²) in [5.74, 6) is -0.808. The lowest BCUT2D eigenvalue weighted by atomic mass is 10.1. The molecule has 7 heteroatoms. The van der Waals surface area contributed by atoms with Crippen LogP contribution in [0.4, 0.5) is 18.9 Å². The zero-order chi connectivity index (χ0) is 15.9. The van der Waals surface area contributed by atoms with Gasteiger partial charge in [0.05, 0.1) is 11.3 Å². The molecule has 0 fully saturated rings. The van der Waals surface area contributed by atoms with E-state index in [2.05, 4.69) is 5.32 Å². The van der Waals surface area contributed by atoms with E-state index in [0.717, 1.165) is 37.5 Å². The van der Waals surface area contributed by atoms with E-state index in [1.165, 1.54) is 0 Å². The molecule has 4 nitrogen and oxygen atoms in total. The van der Waals surface area contributed by atoms with Gasteiger partial charge in [-0.05, 0) is 37.6 Å². The molecule has 0 heterocycles. The average molecular weight is 304 g/mol. The van der Waals surface area contributed by atoms with Gasteiger partial charge >= 0.3 is 6.18 Å². The lowest BCUT2D eigenvalue weighted by molar-refractivity contribution is -0.137. The average Bonchev–Trinajstić information content (AvgIpc) is 2.40. The summed E-state index contributed by atoms with van der Waals surface area (Å²) in [5.41, 5.74) is 4.20. The van der Waals surface area contributed by atoms with Gasteiger partial charge in [0.1, 0.15) is 5.75 Å². The third kappa shape index (κ3) is 6.03. The molecule has 21 heavy (non-hydrogen) atoms. The molecule has 0 spiro atoms. The Hall–Kier alpha value is -1.76. The first-order chi connectivity index (χ1) is 9.84. The molecule has 1 amide bonds. The molecule has 1 rings (SSSR count). The fourth-order valence-electron chi connectivity index (χ4n) is 1.81. The number of phenols is 1. The molecule has 0 aliphatic heterocycles. The number of phenolic OH excluding ortho intramolecular Hbond substituents is 1. The van der Waals surface area contributed by atoms with Crippen molar-refractivity contribution in [3.63, 3.8) is 0 Å². The van der Waals surface area contributed by atoms with E-state index in [9.17, 15) is 23.1 Å². The number of carbonyl (C=O) groups is 1. The SMILES string of the molecule is NCCCCCCC(=O)Nc1cc(C(F)(F)F)ccc1O. The van der Waals surface area contributed by atoms with E-state index in [4.69, 9.17) is 5.73 Å². The number of nitrogens with one attached hydrogen (secondary N) is 1. The van der Waals surface area contributed by atoms with Crippen molar-refractivity contribution in [1.82, 2.24) is 0 Å². The van der Waals surface area contributed by atoms with Gasteiger partial charge in [0.15, 0.2) is 0 Å². The number of nitrogens with two attached hydrogens (primary N) is 1. The number of amides is 1. The second-order valence-electron chi connectivity index (χ2n) is 4.73. The largest absolute Gasteiger partial charge is 0.506 e. The van der Waals surface area contributed by atoms with Gasteiger partial charge in [0.2, 0.25) is 5.91 Å². The van der Waals surface area contributed by atoms with Crippen LogP contribution in [0.5, 0.6) is 5.75 Å². The number of carbonyl (C=O) groups excluding carboxylic acids is 1. The summed E-state index contributed by atoms with van der Waals surface area (Å²) in [6.07, 6.45) is -1.06. The maximum absolute atomic E-state index is 12.6.